The molecule has 4 aliphatic rings. The Hall–Kier alpha value is -1.88. The Morgan fingerprint density at radius 3 is 2.64 bits per heavy atom. The van der Waals surface area contributed by atoms with Crippen molar-refractivity contribution in [2.24, 2.45) is 23.7 Å². The zero-order valence-electron chi connectivity index (χ0n) is 14.5. The molecule has 2 heterocycles. The second kappa shape index (κ2) is 6.13. The lowest BCUT2D eigenvalue weighted by atomic mass is 9.80. The fraction of sp³-hybridized carbons (Fsp3) is 0.600. The molecule has 0 aromatic carbocycles. The Balaban J connectivity index is 1.49. The van der Waals surface area contributed by atoms with Crippen LogP contribution in [0, 0.1) is 23.7 Å². The highest BCUT2D eigenvalue weighted by Gasteiger charge is 2.53. The van der Waals surface area contributed by atoms with Crippen LogP contribution >= 0.6 is 0 Å². The lowest BCUT2D eigenvalue weighted by Crippen LogP contribution is -2.31. The van der Waals surface area contributed by atoms with Crippen LogP contribution in [-0.4, -0.2) is 30.9 Å². The summed E-state index contributed by atoms with van der Waals surface area (Å²) in [4.78, 5) is 23.9. The van der Waals surface area contributed by atoms with Crippen LogP contribution < -0.4 is 0 Å². The summed E-state index contributed by atoms with van der Waals surface area (Å²) in [6, 6.07) is 0. The van der Waals surface area contributed by atoms with Gasteiger partial charge in [0, 0.05) is 17.4 Å². The molecule has 2 aliphatic heterocycles. The quantitative estimate of drug-likeness (QED) is 0.582. The predicted octanol–water partition coefficient (Wildman–Crippen LogP) is 2.92. The van der Waals surface area contributed by atoms with Gasteiger partial charge >= 0.3 is 11.9 Å². The van der Waals surface area contributed by atoms with Gasteiger partial charge in [0.05, 0.1) is 12.5 Å². The van der Waals surface area contributed by atoms with Crippen LogP contribution in [0.3, 0.4) is 0 Å². The fourth-order valence-corrected chi connectivity index (χ4v) is 4.82. The SMILES string of the molecule is C=C1CC[C@H]2C(=C)CC[C@@H]3[C@H](OC(=O)[C@@H]3CO[C@@H]3C=C(C)C(=O)O3)[C@@H]12. The van der Waals surface area contributed by atoms with Crippen molar-refractivity contribution in [1.29, 1.82) is 0 Å². The number of esters is 2. The molecule has 6 atom stereocenters. The van der Waals surface area contributed by atoms with E-state index in [1.807, 2.05) is 0 Å². The molecule has 4 rings (SSSR count). The molecule has 3 fully saturated rings. The molecule has 0 aromatic heterocycles. The van der Waals surface area contributed by atoms with E-state index < -0.39 is 6.29 Å². The molecule has 1 saturated heterocycles. The molecule has 134 valence electrons. The standard InChI is InChI=1S/C20H24O5/c1-10-4-7-14-15(9-23-16-8-12(3)19(21)24-16)20(22)25-18(14)17-11(2)5-6-13(10)17/h8,13-18H,1-2,4-7,9H2,3H3/t13-,14-,15+,16-,17-,18-/m0/s1. The number of carbonyl (C=O) groups is 2. The zero-order valence-corrected chi connectivity index (χ0v) is 14.5. The Morgan fingerprint density at radius 2 is 1.92 bits per heavy atom. The summed E-state index contributed by atoms with van der Waals surface area (Å²) >= 11 is 0. The molecule has 0 unspecified atom stereocenters. The number of cyclic esters (lactones) is 1. The van der Waals surface area contributed by atoms with Gasteiger partial charge in [-0.2, -0.15) is 0 Å². The van der Waals surface area contributed by atoms with Gasteiger partial charge in [-0.1, -0.05) is 24.3 Å². The van der Waals surface area contributed by atoms with Crippen molar-refractivity contribution in [2.45, 2.75) is 45.0 Å². The van der Waals surface area contributed by atoms with Gasteiger partial charge in [-0.15, -0.1) is 0 Å². The van der Waals surface area contributed by atoms with Crippen LogP contribution in [0.25, 0.3) is 0 Å². The highest BCUT2D eigenvalue weighted by atomic mass is 16.7. The third-order valence-electron chi connectivity index (χ3n) is 6.22. The van der Waals surface area contributed by atoms with E-state index in [0.29, 0.717) is 11.5 Å². The summed E-state index contributed by atoms with van der Waals surface area (Å²) in [5.74, 6) is -0.204. The average molecular weight is 344 g/mol. The normalized spacial score (nSPS) is 40.3. The van der Waals surface area contributed by atoms with Crippen LogP contribution in [0.4, 0.5) is 0 Å². The van der Waals surface area contributed by atoms with Gasteiger partial charge in [0.15, 0.2) is 0 Å². The third-order valence-corrected chi connectivity index (χ3v) is 6.22. The molecule has 2 aliphatic carbocycles. The van der Waals surface area contributed by atoms with Crippen LogP contribution in [0.15, 0.2) is 36.0 Å². The molecule has 0 radical (unpaired) electrons. The minimum absolute atomic E-state index is 0.108. The van der Waals surface area contributed by atoms with Crippen molar-refractivity contribution < 1.29 is 23.8 Å². The Morgan fingerprint density at radius 1 is 1.16 bits per heavy atom. The second-order valence-electron chi connectivity index (χ2n) is 7.65. The van der Waals surface area contributed by atoms with E-state index in [9.17, 15) is 9.59 Å². The lowest BCUT2D eigenvalue weighted by Gasteiger charge is -2.27. The summed E-state index contributed by atoms with van der Waals surface area (Å²) in [6.45, 7) is 10.4. The van der Waals surface area contributed by atoms with E-state index in [0.717, 1.165) is 25.7 Å². The van der Waals surface area contributed by atoms with E-state index in [2.05, 4.69) is 13.2 Å². The number of rotatable bonds is 3. The van der Waals surface area contributed by atoms with E-state index in [4.69, 9.17) is 14.2 Å². The maximum atomic E-state index is 12.5. The first-order chi connectivity index (χ1) is 12.0. The first-order valence-corrected chi connectivity index (χ1v) is 9.02. The number of allylic oxidation sites excluding steroid dienone is 1. The van der Waals surface area contributed by atoms with Crippen LogP contribution in [-0.2, 0) is 23.8 Å². The highest BCUT2D eigenvalue weighted by molar-refractivity contribution is 5.89. The van der Waals surface area contributed by atoms with Crippen molar-refractivity contribution in [3.63, 3.8) is 0 Å². The van der Waals surface area contributed by atoms with E-state index in [1.165, 1.54) is 11.1 Å². The largest absolute Gasteiger partial charge is 0.461 e. The molecule has 25 heavy (non-hydrogen) atoms. The van der Waals surface area contributed by atoms with E-state index >= 15 is 0 Å². The topological polar surface area (TPSA) is 61.8 Å². The molecular weight excluding hydrogens is 320 g/mol. The fourth-order valence-electron chi connectivity index (χ4n) is 4.82. The van der Waals surface area contributed by atoms with Crippen LogP contribution in [0.5, 0.6) is 0 Å². The summed E-state index contributed by atoms with van der Waals surface area (Å²) in [6.07, 6.45) is 4.66. The maximum Gasteiger partial charge on any atom is 0.336 e. The summed E-state index contributed by atoms with van der Waals surface area (Å²) in [5.41, 5.74) is 2.98. The zero-order chi connectivity index (χ0) is 17.7. The highest BCUT2D eigenvalue weighted by Crippen LogP contribution is 2.52. The molecule has 5 nitrogen and oxygen atoms in total. The molecular formula is C20H24O5. The molecule has 0 amide bonds. The third kappa shape index (κ3) is 2.74. The number of hydrogen-bond acceptors (Lipinski definition) is 5. The first kappa shape index (κ1) is 16.6. The Bertz CT molecular complexity index is 676. The summed E-state index contributed by atoms with van der Waals surface area (Å²) in [5, 5.41) is 0. The van der Waals surface area contributed by atoms with Crippen LogP contribution in [0.2, 0.25) is 0 Å². The Labute approximate surface area is 147 Å². The smallest absolute Gasteiger partial charge is 0.336 e. The second-order valence-corrected chi connectivity index (χ2v) is 7.65. The van der Waals surface area contributed by atoms with E-state index in [1.54, 1.807) is 13.0 Å². The van der Waals surface area contributed by atoms with Gasteiger partial charge in [0.2, 0.25) is 6.29 Å². The number of ether oxygens (including phenoxy) is 3. The van der Waals surface area contributed by atoms with Crippen LogP contribution in [0.1, 0.15) is 32.6 Å². The minimum Gasteiger partial charge on any atom is -0.461 e. The minimum atomic E-state index is -0.700. The van der Waals surface area contributed by atoms with Crippen molar-refractivity contribution in [1.82, 2.24) is 0 Å². The van der Waals surface area contributed by atoms with Gasteiger partial charge < -0.3 is 14.2 Å². The molecule has 0 aromatic rings. The number of hydrogen-bond donors (Lipinski definition) is 0. The van der Waals surface area contributed by atoms with Gasteiger partial charge in [-0.3, -0.25) is 4.79 Å². The molecule has 2 saturated carbocycles. The van der Waals surface area contributed by atoms with Crippen molar-refractivity contribution in [3.8, 4) is 0 Å². The Kier molecular flexibility index (Phi) is 4.07. The van der Waals surface area contributed by atoms with Gasteiger partial charge in [-0.05, 0) is 44.6 Å². The molecule has 0 bridgehead atoms. The number of carbonyl (C=O) groups excluding carboxylic acids is 2. The molecule has 5 heteroatoms. The van der Waals surface area contributed by atoms with Crippen molar-refractivity contribution in [2.75, 3.05) is 6.61 Å². The van der Waals surface area contributed by atoms with Gasteiger partial charge in [-0.25, -0.2) is 4.79 Å². The number of fused-ring (bicyclic) bond motifs is 3. The first-order valence-electron chi connectivity index (χ1n) is 9.02. The van der Waals surface area contributed by atoms with Gasteiger partial charge in [0.25, 0.3) is 0 Å². The summed E-state index contributed by atoms with van der Waals surface area (Å²) < 4.78 is 16.6. The molecule has 0 N–H and O–H groups in total. The lowest BCUT2D eigenvalue weighted by molar-refractivity contribution is -0.162. The molecule has 0 spiro atoms. The maximum absolute atomic E-state index is 12.5. The summed E-state index contributed by atoms with van der Waals surface area (Å²) in [7, 11) is 0. The van der Waals surface area contributed by atoms with Crippen molar-refractivity contribution >= 4 is 11.9 Å². The predicted molar refractivity (Wildman–Crippen MR) is 90.2 cm³/mol. The monoisotopic (exact) mass is 344 g/mol. The van der Waals surface area contributed by atoms with Gasteiger partial charge in [0.1, 0.15) is 6.10 Å². The van der Waals surface area contributed by atoms with E-state index in [-0.39, 0.29) is 42.4 Å². The average Bonchev–Trinajstić information content (AvgIpc) is 3.17. The van der Waals surface area contributed by atoms with Crippen molar-refractivity contribution in [3.05, 3.63) is 36.0 Å².